The molecule has 0 aromatic rings. The van der Waals surface area contributed by atoms with Crippen LogP contribution in [0.4, 0.5) is 0 Å². The quantitative estimate of drug-likeness (QED) is 0.715. The normalized spacial score (nSPS) is 23.9. The molecule has 17 heavy (non-hydrogen) atoms. The molecule has 0 bridgehead atoms. The molecule has 0 spiro atoms. The topological polar surface area (TPSA) is 29.5 Å². The van der Waals surface area contributed by atoms with Gasteiger partial charge in [-0.3, -0.25) is 9.69 Å². The van der Waals surface area contributed by atoms with Gasteiger partial charge in [-0.2, -0.15) is 0 Å². The first-order valence-corrected chi connectivity index (χ1v) is 6.66. The van der Waals surface area contributed by atoms with Crippen LogP contribution in [-0.2, 0) is 9.53 Å². The highest BCUT2D eigenvalue weighted by molar-refractivity contribution is 5.88. The molecule has 1 atom stereocenters. The monoisotopic (exact) mass is 241 g/mol. The van der Waals surface area contributed by atoms with Crippen molar-refractivity contribution in [3.63, 3.8) is 0 Å². The molecule has 0 N–H and O–H groups in total. The summed E-state index contributed by atoms with van der Waals surface area (Å²) in [4.78, 5) is 14.6. The zero-order valence-electron chi connectivity index (χ0n) is 12.0. The number of rotatable bonds is 6. The molecule has 0 aliphatic heterocycles. The Morgan fingerprint density at radius 2 is 2.12 bits per heavy atom. The average Bonchev–Trinajstić information content (AvgIpc) is 2.50. The van der Waals surface area contributed by atoms with Gasteiger partial charge in [0.25, 0.3) is 0 Å². The van der Waals surface area contributed by atoms with E-state index in [1.807, 2.05) is 0 Å². The van der Waals surface area contributed by atoms with E-state index in [9.17, 15) is 4.79 Å². The lowest BCUT2D eigenvalue weighted by Crippen LogP contribution is -2.39. The van der Waals surface area contributed by atoms with E-state index in [0.717, 1.165) is 32.5 Å². The number of ketones is 1. The Morgan fingerprint density at radius 1 is 1.47 bits per heavy atom. The van der Waals surface area contributed by atoms with E-state index in [0.29, 0.717) is 11.8 Å². The van der Waals surface area contributed by atoms with Crippen molar-refractivity contribution < 1.29 is 9.53 Å². The second-order valence-corrected chi connectivity index (χ2v) is 6.07. The summed E-state index contributed by atoms with van der Waals surface area (Å²) in [7, 11) is 1.72. The number of carbonyl (C=O) groups is 1. The number of methoxy groups -OCH3 is 1. The fraction of sp³-hybridized carbons (Fsp3) is 0.929. The van der Waals surface area contributed by atoms with E-state index in [2.05, 4.69) is 32.6 Å². The van der Waals surface area contributed by atoms with Crippen molar-refractivity contribution in [1.29, 1.82) is 0 Å². The van der Waals surface area contributed by atoms with Gasteiger partial charge in [0, 0.05) is 37.6 Å². The van der Waals surface area contributed by atoms with Gasteiger partial charge in [0.1, 0.15) is 5.78 Å². The molecule has 1 rings (SSSR count). The Balaban J connectivity index is 2.54. The van der Waals surface area contributed by atoms with Crippen LogP contribution in [0.5, 0.6) is 0 Å². The molecule has 0 heterocycles. The SMILES string of the molecule is COCCN(CC1CCC(C)(C)C1=O)C(C)C. The van der Waals surface area contributed by atoms with E-state index in [1.54, 1.807) is 7.11 Å². The van der Waals surface area contributed by atoms with Crippen molar-refractivity contribution in [2.75, 3.05) is 26.8 Å². The van der Waals surface area contributed by atoms with Crippen LogP contribution in [0.2, 0.25) is 0 Å². The van der Waals surface area contributed by atoms with Gasteiger partial charge in [-0.15, -0.1) is 0 Å². The fourth-order valence-corrected chi connectivity index (χ4v) is 2.57. The molecule has 100 valence electrons. The van der Waals surface area contributed by atoms with Crippen LogP contribution in [0.1, 0.15) is 40.5 Å². The zero-order valence-corrected chi connectivity index (χ0v) is 12.0. The van der Waals surface area contributed by atoms with E-state index in [1.165, 1.54) is 0 Å². The van der Waals surface area contributed by atoms with Crippen LogP contribution in [0.3, 0.4) is 0 Å². The lowest BCUT2D eigenvalue weighted by atomic mass is 9.89. The van der Waals surface area contributed by atoms with Crippen LogP contribution in [0, 0.1) is 11.3 Å². The molecule has 0 amide bonds. The molecule has 0 aromatic heterocycles. The molecular formula is C14H27NO2. The highest BCUT2D eigenvalue weighted by atomic mass is 16.5. The minimum absolute atomic E-state index is 0.103. The van der Waals surface area contributed by atoms with Crippen molar-refractivity contribution in [3.05, 3.63) is 0 Å². The molecule has 1 saturated carbocycles. The van der Waals surface area contributed by atoms with Gasteiger partial charge in [-0.1, -0.05) is 13.8 Å². The molecule has 1 unspecified atom stereocenters. The third-order valence-electron chi connectivity index (χ3n) is 3.92. The number of hydrogen-bond donors (Lipinski definition) is 0. The van der Waals surface area contributed by atoms with Crippen molar-refractivity contribution in [1.82, 2.24) is 4.90 Å². The highest BCUT2D eigenvalue weighted by Gasteiger charge is 2.40. The van der Waals surface area contributed by atoms with Crippen LogP contribution in [-0.4, -0.2) is 43.5 Å². The maximum Gasteiger partial charge on any atom is 0.142 e. The summed E-state index contributed by atoms with van der Waals surface area (Å²) in [5, 5.41) is 0. The van der Waals surface area contributed by atoms with Gasteiger partial charge in [0.2, 0.25) is 0 Å². The van der Waals surface area contributed by atoms with Gasteiger partial charge >= 0.3 is 0 Å². The Kier molecular flexibility index (Phi) is 5.14. The average molecular weight is 241 g/mol. The standard InChI is InChI=1S/C14H27NO2/c1-11(2)15(8-9-17-5)10-12-6-7-14(3,4)13(12)16/h11-12H,6-10H2,1-5H3. The molecule has 1 aliphatic carbocycles. The predicted octanol–water partition coefficient (Wildman–Crippen LogP) is 2.35. The first kappa shape index (κ1) is 14.7. The van der Waals surface area contributed by atoms with Gasteiger partial charge in [0.15, 0.2) is 0 Å². The third-order valence-corrected chi connectivity index (χ3v) is 3.92. The molecule has 1 fully saturated rings. The van der Waals surface area contributed by atoms with E-state index in [4.69, 9.17) is 4.74 Å². The summed E-state index contributed by atoms with van der Waals surface area (Å²) >= 11 is 0. The van der Waals surface area contributed by atoms with Crippen LogP contribution >= 0.6 is 0 Å². The van der Waals surface area contributed by atoms with Gasteiger partial charge in [-0.05, 0) is 26.7 Å². The summed E-state index contributed by atoms with van der Waals surface area (Å²) in [5.41, 5.74) is -0.103. The van der Waals surface area contributed by atoms with Crippen molar-refractivity contribution >= 4 is 5.78 Å². The zero-order chi connectivity index (χ0) is 13.1. The molecule has 3 heteroatoms. The Bertz CT molecular complexity index is 261. The predicted molar refractivity (Wildman–Crippen MR) is 70.1 cm³/mol. The number of ether oxygens (including phenoxy) is 1. The summed E-state index contributed by atoms with van der Waals surface area (Å²) in [5.74, 6) is 0.671. The smallest absolute Gasteiger partial charge is 0.142 e. The molecule has 0 saturated heterocycles. The van der Waals surface area contributed by atoms with Gasteiger partial charge < -0.3 is 4.74 Å². The first-order valence-electron chi connectivity index (χ1n) is 6.66. The third kappa shape index (κ3) is 3.78. The van der Waals surface area contributed by atoms with Gasteiger partial charge in [0.05, 0.1) is 6.61 Å². The summed E-state index contributed by atoms with van der Waals surface area (Å²) in [6, 6.07) is 0.474. The van der Waals surface area contributed by atoms with Crippen LogP contribution in [0.25, 0.3) is 0 Å². The van der Waals surface area contributed by atoms with Crippen molar-refractivity contribution in [2.24, 2.45) is 11.3 Å². The van der Waals surface area contributed by atoms with Crippen molar-refractivity contribution in [3.8, 4) is 0 Å². The minimum atomic E-state index is -0.103. The number of hydrogen-bond acceptors (Lipinski definition) is 3. The summed E-state index contributed by atoms with van der Waals surface area (Å²) in [6.45, 7) is 11.1. The second kappa shape index (κ2) is 5.96. The second-order valence-electron chi connectivity index (χ2n) is 6.07. The molecular weight excluding hydrogens is 214 g/mol. The largest absolute Gasteiger partial charge is 0.383 e. The molecule has 0 radical (unpaired) electrons. The summed E-state index contributed by atoms with van der Waals surface area (Å²) < 4.78 is 5.13. The van der Waals surface area contributed by atoms with E-state index in [-0.39, 0.29) is 11.3 Å². The number of Topliss-reactive ketones (excluding diaryl/α,β-unsaturated/α-hetero) is 1. The number of nitrogens with zero attached hydrogens (tertiary/aromatic N) is 1. The van der Waals surface area contributed by atoms with Crippen LogP contribution < -0.4 is 0 Å². The Morgan fingerprint density at radius 3 is 2.53 bits per heavy atom. The number of carbonyl (C=O) groups excluding carboxylic acids is 1. The molecule has 3 nitrogen and oxygen atoms in total. The van der Waals surface area contributed by atoms with E-state index >= 15 is 0 Å². The molecule has 0 aromatic carbocycles. The summed E-state index contributed by atoms with van der Waals surface area (Å²) in [6.07, 6.45) is 2.08. The maximum absolute atomic E-state index is 12.2. The lowest BCUT2D eigenvalue weighted by molar-refractivity contribution is -0.128. The minimum Gasteiger partial charge on any atom is -0.383 e. The lowest BCUT2D eigenvalue weighted by Gasteiger charge is -2.29. The fourth-order valence-electron chi connectivity index (χ4n) is 2.57. The highest BCUT2D eigenvalue weighted by Crippen LogP contribution is 2.37. The van der Waals surface area contributed by atoms with Crippen molar-refractivity contribution in [2.45, 2.75) is 46.6 Å². The first-order chi connectivity index (χ1) is 7.88. The Hall–Kier alpha value is -0.410. The maximum atomic E-state index is 12.2. The Labute approximate surface area is 106 Å². The van der Waals surface area contributed by atoms with E-state index < -0.39 is 0 Å². The molecule has 1 aliphatic rings. The van der Waals surface area contributed by atoms with Crippen LogP contribution in [0.15, 0.2) is 0 Å². The van der Waals surface area contributed by atoms with Gasteiger partial charge in [-0.25, -0.2) is 0 Å².